The van der Waals surface area contributed by atoms with E-state index in [0.717, 1.165) is 25.7 Å². The Morgan fingerprint density at radius 1 is 1.20 bits per heavy atom. The lowest BCUT2D eigenvalue weighted by molar-refractivity contribution is -0.146. The van der Waals surface area contributed by atoms with Crippen molar-refractivity contribution in [2.75, 3.05) is 33.4 Å². The minimum absolute atomic E-state index is 0.0509. The van der Waals surface area contributed by atoms with Gasteiger partial charge in [0, 0.05) is 26.3 Å². The van der Waals surface area contributed by atoms with Crippen LogP contribution in [0.1, 0.15) is 33.1 Å². The number of hydrogen-bond acceptors (Lipinski definition) is 3. The monoisotopic (exact) mass is 215 g/mol. The lowest BCUT2D eigenvalue weighted by Crippen LogP contribution is -2.37. The molecule has 1 rings (SSSR count). The highest BCUT2D eigenvalue weighted by Gasteiger charge is 2.20. The van der Waals surface area contributed by atoms with Gasteiger partial charge >= 0.3 is 0 Å². The van der Waals surface area contributed by atoms with Crippen molar-refractivity contribution in [3.63, 3.8) is 0 Å². The highest BCUT2D eigenvalue weighted by atomic mass is 16.7. The van der Waals surface area contributed by atoms with Crippen LogP contribution >= 0.6 is 0 Å². The third kappa shape index (κ3) is 4.96. The summed E-state index contributed by atoms with van der Waals surface area (Å²) >= 11 is 0. The Hall–Kier alpha value is -0.120. The molecule has 1 saturated carbocycles. The Morgan fingerprint density at radius 2 is 1.80 bits per heavy atom. The van der Waals surface area contributed by atoms with E-state index in [1.165, 1.54) is 25.8 Å². The standard InChI is InChI=1S/C12H25NO2/c1-4-14-12(15-5-2)10-13(3)9-11-7-6-8-11/h11-12H,4-10H2,1-3H3. The maximum atomic E-state index is 5.52. The zero-order valence-corrected chi connectivity index (χ0v) is 10.4. The zero-order valence-electron chi connectivity index (χ0n) is 10.4. The summed E-state index contributed by atoms with van der Waals surface area (Å²) in [6, 6.07) is 0. The Kier molecular flexibility index (Phi) is 6.22. The summed E-state index contributed by atoms with van der Waals surface area (Å²) in [5.41, 5.74) is 0. The normalized spacial score (nSPS) is 17.4. The molecule has 0 aliphatic heterocycles. The molecule has 0 heterocycles. The van der Waals surface area contributed by atoms with Crippen LogP contribution < -0.4 is 0 Å². The topological polar surface area (TPSA) is 21.7 Å². The quantitative estimate of drug-likeness (QED) is 0.579. The third-order valence-corrected chi connectivity index (χ3v) is 2.96. The van der Waals surface area contributed by atoms with Crippen LogP contribution in [0.3, 0.4) is 0 Å². The van der Waals surface area contributed by atoms with Gasteiger partial charge in [-0.05, 0) is 39.7 Å². The van der Waals surface area contributed by atoms with Crippen LogP contribution in [0.4, 0.5) is 0 Å². The molecule has 0 radical (unpaired) electrons. The Labute approximate surface area is 93.7 Å². The summed E-state index contributed by atoms with van der Waals surface area (Å²) in [7, 11) is 2.16. The van der Waals surface area contributed by atoms with Gasteiger partial charge in [0.25, 0.3) is 0 Å². The van der Waals surface area contributed by atoms with Crippen LogP contribution in [0.2, 0.25) is 0 Å². The van der Waals surface area contributed by atoms with Gasteiger partial charge in [-0.15, -0.1) is 0 Å². The molecular weight excluding hydrogens is 190 g/mol. The van der Waals surface area contributed by atoms with Gasteiger partial charge in [0.15, 0.2) is 6.29 Å². The molecule has 3 nitrogen and oxygen atoms in total. The first kappa shape index (κ1) is 12.9. The molecule has 0 aromatic carbocycles. The van der Waals surface area contributed by atoms with Gasteiger partial charge in [-0.2, -0.15) is 0 Å². The van der Waals surface area contributed by atoms with E-state index in [4.69, 9.17) is 9.47 Å². The number of nitrogens with zero attached hydrogens (tertiary/aromatic N) is 1. The van der Waals surface area contributed by atoms with E-state index in [9.17, 15) is 0 Å². The smallest absolute Gasteiger partial charge is 0.170 e. The summed E-state index contributed by atoms with van der Waals surface area (Å²) < 4.78 is 11.0. The lowest BCUT2D eigenvalue weighted by Gasteiger charge is -2.31. The Balaban J connectivity index is 2.15. The number of rotatable bonds is 8. The fourth-order valence-electron chi connectivity index (χ4n) is 1.97. The van der Waals surface area contributed by atoms with Crippen LogP contribution in [0.15, 0.2) is 0 Å². The molecule has 0 N–H and O–H groups in total. The van der Waals surface area contributed by atoms with E-state index in [1.807, 2.05) is 13.8 Å². The van der Waals surface area contributed by atoms with Crippen molar-refractivity contribution < 1.29 is 9.47 Å². The van der Waals surface area contributed by atoms with Crippen molar-refractivity contribution in [1.29, 1.82) is 0 Å². The van der Waals surface area contributed by atoms with Crippen molar-refractivity contribution >= 4 is 0 Å². The van der Waals surface area contributed by atoms with Crippen LogP contribution in [-0.4, -0.2) is 44.5 Å². The fraction of sp³-hybridized carbons (Fsp3) is 1.00. The van der Waals surface area contributed by atoms with Crippen molar-refractivity contribution in [2.24, 2.45) is 5.92 Å². The van der Waals surface area contributed by atoms with E-state index < -0.39 is 0 Å². The molecule has 1 aliphatic carbocycles. The van der Waals surface area contributed by atoms with Crippen molar-refractivity contribution in [2.45, 2.75) is 39.4 Å². The molecule has 15 heavy (non-hydrogen) atoms. The van der Waals surface area contributed by atoms with Crippen molar-refractivity contribution in [3.05, 3.63) is 0 Å². The van der Waals surface area contributed by atoms with E-state index in [1.54, 1.807) is 0 Å². The summed E-state index contributed by atoms with van der Waals surface area (Å²) in [5.74, 6) is 0.916. The highest BCUT2D eigenvalue weighted by Crippen LogP contribution is 2.26. The summed E-state index contributed by atoms with van der Waals surface area (Å²) in [5, 5.41) is 0. The van der Waals surface area contributed by atoms with Crippen molar-refractivity contribution in [3.8, 4) is 0 Å². The first-order valence-electron chi connectivity index (χ1n) is 6.18. The minimum atomic E-state index is -0.0509. The second-order valence-electron chi connectivity index (χ2n) is 4.36. The predicted octanol–water partition coefficient (Wildman–Crippen LogP) is 2.12. The van der Waals surface area contributed by atoms with Gasteiger partial charge in [0.05, 0.1) is 0 Å². The van der Waals surface area contributed by atoms with E-state index in [-0.39, 0.29) is 6.29 Å². The molecule has 0 unspecified atom stereocenters. The molecule has 1 aliphatic rings. The maximum absolute atomic E-state index is 5.52. The number of ether oxygens (including phenoxy) is 2. The largest absolute Gasteiger partial charge is 0.352 e. The van der Waals surface area contributed by atoms with Gasteiger partial charge in [0.1, 0.15) is 0 Å². The molecule has 90 valence electrons. The number of likely N-dealkylation sites (N-methyl/N-ethyl adjacent to an activating group) is 1. The van der Waals surface area contributed by atoms with Crippen LogP contribution in [0, 0.1) is 5.92 Å². The van der Waals surface area contributed by atoms with Gasteiger partial charge in [0.2, 0.25) is 0 Å². The van der Waals surface area contributed by atoms with Gasteiger partial charge in [-0.3, -0.25) is 0 Å². The van der Waals surface area contributed by atoms with E-state index in [2.05, 4.69) is 11.9 Å². The van der Waals surface area contributed by atoms with Crippen molar-refractivity contribution in [1.82, 2.24) is 4.90 Å². The number of hydrogen-bond donors (Lipinski definition) is 0. The van der Waals surface area contributed by atoms with Crippen LogP contribution in [0.25, 0.3) is 0 Å². The predicted molar refractivity (Wildman–Crippen MR) is 61.9 cm³/mol. The highest BCUT2D eigenvalue weighted by molar-refractivity contribution is 4.72. The SMILES string of the molecule is CCOC(CN(C)CC1CCC1)OCC. The fourth-order valence-corrected chi connectivity index (χ4v) is 1.97. The second-order valence-corrected chi connectivity index (χ2v) is 4.36. The third-order valence-electron chi connectivity index (χ3n) is 2.96. The lowest BCUT2D eigenvalue weighted by atomic mass is 9.85. The molecule has 0 amide bonds. The van der Waals surface area contributed by atoms with Crippen LogP contribution in [0.5, 0.6) is 0 Å². The first-order valence-corrected chi connectivity index (χ1v) is 6.18. The maximum Gasteiger partial charge on any atom is 0.170 e. The molecule has 0 aromatic rings. The van der Waals surface area contributed by atoms with Gasteiger partial charge in [-0.1, -0.05) is 6.42 Å². The molecule has 1 fully saturated rings. The minimum Gasteiger partial charge on any atom is -0.352 e. The summed E-state index contributed by atoms with van der Waals surface area (Å²) in [6.45, 7) is 7.55. The molecule has 0 aromatic heterocycles. The zero-order chi connectivity index (χ0) is 11.1. The summed E-state index contributed by atoms with van der Waals surface area (Å²) in [4.78, 5) is 2.33. The molecule has 0 saturated heterocycles. The van der Waals surface area contributed by atoms with Gasteiger partial charge in [-0.25, -0.2) is 0 Å². The summed E-state index contributed by atoms with van der Waals surface area (Å²) in [6.07, 6.45) is 4.17. The molecule has 0 spiro atoms. The molecule has 0 bridgehead atoms. The van der Waals surface area contributed by atoms with Crippen LogP contribution in [-0.2, 0) is 9.47 Å². The average Bonchev–Trinajstić information content (AvgIpc) is 2.12. The van der Waals surface area contributed by atoms with Gasteiger partial charge < -0.3 is 14.4 Å². The average molecular weight is 215 g/mol. The molecule has 0 atom stereocenters. The second kappa shape index (κ2) is 7.20. The molecular formula is C12H25NO2. The Bertz CT molecular complexity index is 154. The Morgan fingerprint density at radius 3 is 2.20 bits per heavy atom. The van der Waals surface area contributed by atoms with E-state index >= 15 is 0 Å². The first-order chi connectivity index (χ1) is 7.26. The van der Waals surface area contributed by atoms with E-state index in [0.29, 0.717) is 0 Å². The molecule has 3 heteroatoms.